The van der Waals surface area contributed by atoms with E-state index in [1.807, 2.05) is 13.8 Å². The second kappa shape index (κ2) is 4.59. The van der Waals surface area contributed by atoms with Gasteiger partial charge in [0.25, 0.3) is 0 Å². The molecule has 0 fully saturated rings. The van der Waals surface area contributed by atoms with Gasteiger partial charge < -0.3 is 9.42 Å². The number of rotatable bonds is 4. The molecule has 4 heteroatoms. The van der Waals surface area contributed by atoms with Gasteiger partial charge in [0.2, 0.25) is 0 Å². The Morgan fingerprint density at radius 2 is 1.69 bits per heavy atom. The second-order valence-corrected chi connectivity index (χ2v) is 6.28. The predicted molar refractivity (Wildman–Crippen MR) is 55.0 cm³/mol. The molecule has 0 saturated heterocycles. The minimum Gasteiger partial charge on any atom is -0.326 e. The van der Waals surface area contributed by atoms with E-state index in [0.717, 1.165) is 6.42 Å². The molecule has 0 saturated carbocycles. The van der Waals surface area contributed by atoms with Crippen molar-refractivity contribution in [3.05, 3.63) is 0 Å². The molecule has 0 heterocycles. The normalized spacial score (nSPS) is 15.8. The van der Waals surface area contributed by atoms with Gasteiger partial charge in [0, 0.05) is 0 Å². The van der Waals surface area contributed by atoms with Gasteiger partial charge in [-0.1, -0.05) is 34.6 Å². The van der Waals surface area contributed by atoms with Crippen molar-refractivity contribution in [1.82, 2.24) is 0 Å². The average Bonchev–Trinajstić information content (AvgIpc) is 1.78. The van der Waals surface area contributed by atoms with Crippen LogP contribution < -0.4 is 0 Å². The van der Waals surface area contributed by atoms with Crippen molar-refractivity contribution in [1.29, 1.82) is 0 Å². The van der Waals surface area contributed by atoms with Crippen LogP contribution in [-0.4, -0.2) is 11.5 Å². The highest BCUT2D eigenvalue weighted by molar-refractivity contribution is 7.32. The molecule has 3 nitrogen and oxygen atoms in total. The lowest BCUT2D eigenvalue weighted by atomic mass is 9.77. The highest BCUT2D eigenvalue weighted by Crippen LogP contribution is 2.35. The van der Waals surface area contributed by atoms with Gasteiger partial charge in [0.05, 0.1) is 6.61 Å². The van der Waals surface area contributed by atoms with Crippen LogP contribution in [0.1, 0.15) is 41.0 Å². The summed E-state index contributed by atoms with van der Waals surface area (Å²) in [5, 5.41) is 0. The SMILES string of the molecule is CC(C)(C)CC(C)(C)CO[PH](=O)O. The first-order chi connectivity index (χ1) is 5.62. The molecular formula is C9H21O3P. The third kappa shape index (κ3) is 8.48. The Morgan fingerprint density at radius 1 is 1.23 bits per heavy atom. The first-order valence-corrected chi connectivity index (χ1v) is 5.74. The molecule has 0 aromatic rings. The summed E-state index contributed by atoms with van der Waals surface area (Å²) in [7, 11) is -2.77. The second-order valence-electron chi connectivity index (χ2n) is 5.46. The van der Waals surface area contributed by atoms with Gasteiger partial charge in [-0.2, -0.15) is 0 Å². The molecule has 80 valence electrons. The van der Waals surface area contributed by atoms with E-state index in [4.69, 9.17) is 9.42 Å². The zero-order valence-corrected chi connectivity index (χ0v) is 10.2. The van der Waals surface area contributed by atoms with E-state index < -0.39 is 8.25 Å². The fourth-order valence-electron chi connectivity index (χ4n) is 1.74. The van der Waals surface area contributed by atoms with E-state index in [0.29, 0.717) is 6.61 Å². The van der Waals surface area contributed by atoms with E-state index in [1.54, 1.807) is 0 Å². The largest absolute Gasteiger partial charge is 0.326 e. The Labute approximate surface area is 81.4 Å². The zero-order valence-electron chi connectivity index (χ0n) is 9.18. The minimum atomic E-state index is -2.77. The smallest absolute Gasteiger partial charge is 0.316 e. The molecule has 1 N–H and O–H groups in total. The lowest BCUT2D eigenvalue weighted by Crippen LogP contribution is -2.24. The zero-order chi connectivity index (χ0) is 10.7. The molecule has 0 aromatic carbocycles. The average molecular weight is 208 g/mol. The van der Waals surface area contributed by atoms with Crippen LogP contribution in [0.2, 0.25) is 0 Å². The first kappa shape index (κ1) is 13.2. The molecular weight excluding hydrogens is 187 g/mol. The molecule has 1 atom stereocenters. The van der Waals surface area contributed by atoms with Crippen molar-refractivity contribution < 1.29 is 14.0 Å². The van der Waals surface area contributed by atoms with Crippen molar-refractivity contribution in [2.24, 2.45) is 10.8 Å². The standard InChI is InChI=1S/C9H21O3P/c1-8(2,3)6-9(4,5)7-12-13(10)11/h13H,6-7H2,1-5H3,(H,10,11). The summed E-state index contributed by atoms with van der Waals surface area (Å²) in [6.07, 6.45) is 0.967. The summed E-state index contributed by atoms with van der Waals surface area (Å²) in [6, 6.07) is 0. The Bertz CT molecular complexity index is 182. The molecule has 0 rings (SSSR count). The van der Waals surface area contributed by atoms with Crippen molar-refractivity contribution in [3.63, 3.8) is 0 Å². The summed E-state index contributed by atoms with van der Waals surface area (Å²) in [5.74, 6) is 0. The Kier molecular flexibility index (Phi) is 4.64. The summed E-state index contributed by atoms with van der Waals surface area (Å²) in [6.45, 7) is 10.9. The monoisotopic (exact) mass is 208 g/mol. The van der Waals surface area contributed by atoms with Crippen LogP contribution in [0.5, 0.6) is 0 Å². The van der Waals surface area contributed by atoms with E-state index in [9.17, 15) is 4.57 Å². The van der Waals surface area contributed by atoms with Crippen LogP contribution in [0.15, 0.2) is 0 Å². The van der Waals surface area contributed by atoms with Crippen molar-refractivity contribution in [2.45, 2.75) is 41.0 Å². The summed E-state index contributed by atoms with van der Waals surface area (Å²) < 4.78 is 15.1. The lowest BCUT2D eigenvalue weighted by Gasteiger charge is -2.31. The van der Waals surface area contributed by atoms with Crippen LogP contribution in [0.25, 0.3) is 0 Å². The highest BCUT2D eigenvalue weighted by atomic mass is 31.1. The molecule has 0 aliphatic carbocycles. The number of hydrogen-bond acceptors (Lipinski definition) is 2. The van der Waals surface area contributed by atoms with E-state index in [2.05, 4.69) is 20.8 Å². The maximum atomic E-state index is 10.4. The quantitative estimate of drug-likeness (QED) is 0.722. The summed E-state index contributed by atoms with van der Waals surface area (Å²) in [4.78, 5) is 8.54. The molecule has 0 aliphatic rings. The minimum absolute atomic E-state index is 0.0404. The lowest BCUT2D eigenvalue weighted by molar-refractivity contribution is 0.121. The third-order valence-electron chi connectivity index (χ3n) is 1.60. The third-order valence-corrected chi connectivity index (χ3v) is 1.99. The van der Waals surface area contributed by atoms with Gasteiger partial charge in [-0.05, 0) is 17.3 Å². The fourth-order valence-corrected chi connectivity index (χ4v) is 2.26. The van der Waals surface area contributed by atoms with Crippen LogP contribution >= 0.6 is 8.25 Å². The summed E-state index contributed by atoms with van der Waals surface area (Å²) in [5.41, 5.74) is 0.180. The Hall–Kier alpha value is 0.150. The van der Waals surface area contributed by atoms with Crippen molar-refractivity contribution in [2.75, 3.05) is 6.61 Å². The maximum absolute atomic E-state index is 10.4. The fraction of sp³-hybridized carbons (Fsp3) is 1.00. The van der Waals surface area contributed by atoms with Crippen molar-refractivity contribution in [3.8, 4) is 0 Å². The van der Waals surface area contributed by atoms with E-state index >= 15 is 0 Å². The van der Waals surface area contributed by atoms with Crippen LogP contribution in [0.4, 0.5) is 0 Å². The Morgan fingerprint density at radius 3 is 2.00 bits per heavy atom. The van der Waals surface area contributed by atoms with Crippen LogP contribution in [0, 0.1) is 10.8 Å². The van der Waals surface area contributed by atoms with E-state index in [-0.39, 0.29) is 10.8 Å². The molecule has 0 radical (unpaired) electrons. The predicted octanol–water partition coefficient (Wildman–Crippen LogP) is 2.85. The first-order valence-electron chi connectivity index (χ1n) is 4.48. The molecule has 0 aliphatic heterocycles. The molecule has 13 heavy (non-hydrogen) atoms. The maximum Gasteiger partial charge on any atom is 0.316 e. The number of hydrogen-bond donors (Lipinski definition) is 1. The molecule has 0 bridgehead atoms. The van der Waals surface area contributed by atoms with Crippen LogP contribution in [0.3, 0.4) is 0 Å². The van der Waals surface area contributed by atoms with Gasteiger partial charge in [-0.15, -0.1) is 0 Å². The topological polar surface area (TPSA) is 46.5 Å². The highest BCUT2D eigenvalue weighted by Gasteiger charge is 2.26. The molecule has 0 spiro atoms. The van der Waals surface area contributed by atoms with Gasteiger partial charge in [0.15, 0.2) is 0 Å². The Balaban J connectivity index is 4.01. The summed E-state index contributed by atoms with van der Waals surface area (Å²) >= 11 is 0. The molecule has 0 amide bonds. The van der Waals surface area contributed by atoms with Gasteiger partial charge in [0.1, 0.15) is 0 Å². The molecule has 0 aromatic heterocycles. The van der Waals surface area contributed by atoms with Gasteiger partial charge in [-0.25, -0.2) is 0 Å². The van der Waals surface area contributed by atoms with Gasteiger partial charge >= 0.3 is 8.25 Å². The van der Waals surface area contributed by atoms with E-state index in [1.165, 1.54) is 0 Å². The molecule has 1 unspecified atom stereocenters. The van der Waals surface area contributed by atoms with Crippen LogP contribution in [-0.2, 0) is 9.09 Å². The van der Waals surface area contributed by atoms with Gasteiger partial charge in [-0.3, -0.25) is 4.57 Å². The van der Waals surface area contributed by atoms with Crippen molar-refractivity contribution >= 4 is 8.25 Å².